The van der Waals surface area contributed by atoms with Crippen molar-refractivity contribution in [1.29, 1.82) is 0 Å². The fraction of sp³-hybridized carbons (Fsp3) is 0.667. The van der Waals surface area contributed by atoms with Crippen LogP contribution in [-0.2, 0) is 4.74 Å². The Balaban J connectivity index is 1.66. The molecule has 0 radical (unpaired) electrons. The summed E-state index contributed by atoms with van der Waals surface area (Å²) in [6.45, 7) is 14.5. The Morgan fingerprint density at radius 1 is 1.38 bits per heavy atom. The highest BCUT2D eigenvalue weighted by molar-refractivity contribution is 5.42. The van der Waals surface area contributed by atoms with Gasteiger partial charge in [0.1, 0.15) is 0 Å². The second kappa shape index (κ2) is 7.17. The summed E-state index contributed by atoms with van der Waals surface area (Å²) in [5.41, 5.74) is 4.27. The SMILES string of the molecule is Cc1cc2ncc([C@H](C)NC[C@@H](C)N3CCOC[C@H]3C)c(C)n2n1. The monoisotopic (exact) mass is 331 g/mol. The van der Waals surface area contributed by atoms with Crippen molar-refractivity contribution in [3.05, 3.63) is 29.2 Å². The van der Waals surface area contributed by atoms with Crippen molar-refractivity contribution < 1.29 is 4.74 Å². The average molecular weight is 331 g/mol. The summed E-state index contributed by atoms with van der Waals surface area (Å²) in [6, 6.07) is 3.22. The number of nitrogens with one attached hydrogen (secondary N) is 1. The van der Waals surface area contributed by atoms with E-state index in [-0.39, 0.29) is 6.04 Å². The molecular weight excluding hydrogens is 302 g/mol. The maximum atomic E-state index is 5.54. The van der Waals surface area contributed by atoms with Crippen LogP contribution in [0.15, 0.2) is 12.3 Å². The number of aromatic nitrogens is 3. The zero-order valence-corrected chi connectivity index (χ0v) is 15.4. The highest BCUT2D eigenvalue weighted by atomic mass is 16.5. The van der Waals surface area contributed by atoms with Crippen molar-refractivity contribution in [2.24, 2.45) is 0 Å². The molecule has 1 aliphatic heterocycles. The van der Waals surface area contributed by atoms with Crippen LogP contribution >= 0.6 is 0 Å². The van der Waals surface area contributed by atoms with E-state index >= 15 is 0 Å². The van der Waals surface area contributed by atoms with Crippen LogP contribution in [0.1, 0.15) is 43.8 Å². The van der Waals surface area contributed by atoms with E-state index in [1.807, 2.05) is 23.7 Å². The van der Waals surface area contributed by atoms with Crippen molar-refractivity contribution in [2.45, 2.75) is 52.7 Å². The number of nitrogens with zero attached hydrogens (tertiary/aromatic N) is 4. The topological polar surface area (TPSA) is 54.7 Å². The quantitative estimate of drug-likeness (QED) is 0.909. The molecule has 0 unspecified atom stereocenters. The number of rotatable bonds is 5. The van der Waals surface area contributed by atoms with Gasteiger partial charge < -0.3 is 10.1 Å². The first-order chi connectivity index (χ1) is 11.5. The van der Waals surface area contributed by atoms with E-state index in [9.17, 15) is 0 Å². The molecule has 3 rings (SSSR count). The lowest BCUT2D eigenvalue weighted by atomic mass is 10.1. The lowest BCUT2D eigenvalue weighted by Crippen LogP contribution is -2.51. The second-order valence-corrected chi connectivity index (χ2v) is 7.00. The van der Waals surface area contributed by atoms with Crippen molar-refractivity contribution >= 4 is 5.65 Å². The minimum atomic E-state index is 0.241. The van der Waals surface area contributed by atoms with E-state index in [2.05, 4.69) is 48.0 Å². The molecule has 2 aromatic heterocycles. The number of fused-ring (bicyclic) bond motifs is 1. The molecule has 0 aromatic carbocycles. The summed E-state index contributed by atoms with van der Waals surface area (Å²) in [5, 5.41) is 8.20. The van der Waals surface area contributed by atoms with Gasteiger partial charge in [-0.2, -0.15) is 5.10 Å². The van der Waals surface area contributed by atoms with E-state index < -0.39 is 0 Å². The molecule has 6 heteroatoms. The molecule has 1 aliphatic rings. The lowest BCUT2D eigenvalue weighted by Gasteiger charge is -2.38. The van der Waals surface area contributed by atoms with Gasteiger partial charge in [-0.05, 0) is 34.6 Å². The Morgan fingerprint density at radius 3 is 2.92 bits per heavy atom. The molecule has 2 aromatic rings. The van der Waals surface area contributed by atoms with Crippen LogP contribution in [0, 0.1) is 13.8 Å². The van der Waals surface area contributed by atoms with Crippen LogP contribution in [0.25, 0.3) is 5.65 Å². The summed E-state index contributed by atoms with van der Waals surface area (Å²) in [4.78, 5) is 7.07. The molecule has 24 heavy (non-hydrogen) atoms. The Morgan fingerprint density at radius 2 is 2.17 bits per heavy atom. The van der Waals surface area contributed by atoms with Gasteiger partial charge >= 0.3 is 0 Å². The number of ether oxygens (including phenoxy) is 1. The maximum absolute atomic E-state index is 5.54. The standard InChI is InChI=1S/C18H29N5O/c1-12-8-18-20-10-17(16(5)23(18)21-12)15(4)19-9-13(2)22-6-7-24-11-14(22)3/h8,10,13-15,19H,6-7,9,11H2,1-5H3/t13-,14-,15+/m1/s1. The van der Waals surface area contributed by atoms with Gasteiger partial charge in [0, 0.05) is 54.7 Å². The Hall–Kier alpha value is -1.50. The summed E-state index contributed by atoms with van der Waals surface area (Å²) in [7, 11) is 0. The first-order valence-corrected chi connectivity index (χ1v) is 8.86. The van der Waals surface area contributed by atoms with Crippen LogP contribution in [0.2, 0.25) is 0 Å². The fourth-order valence-electron chi connectivity index (χ4n) is 3.57. The maximum Gasteiger partial charge on any atom is 0.155 e. The third-order valence-electron chi connectivity index (χ3n) is 5.06. The molecule has 1 N–H and O–H groups in total. The lowest BCUT2D eigenvalue weighted by molar-refractivity contribution is -0.0184. The van der Waals surface area contributed by atoms with Crippen LogP contribution in [-0.4, -0.2) is 57.9 Å². The Kier molecular flexibility index (Phi) is 5.18. The zero-order chi connectivity index (χ0) is 17.3. The molecular formula is C18H29N5O. The van der Waals surface area contributed by atoms with Crippen molar-refractivity contribution in [2.75, 3.05) is 26.3 Å². The van der Waals surface area contributed by atoms with Crippen LogP contribution in [0.5, 0.6) is 0 Å². The molecule has 0 saturated carbocycles. The second-order valence-electron chi connectivity index (χ2n) is 7.00. The first-order valence-electron chi connectivity index (χ1n) is 8.86. The van der Waals surface area contributed by atoms with Crippen LogP contribution in [0.3, 0.4) is 0 Å². The molecule has 0 aliphatic carbocycles. The molecule has 0 bridgehead atoms. The molecule has 1 fully saturated rings. The first kappa shape index (κ1) is 17.3. The van der Waals surface area contributed by atoms with Crippen molar-refractivity contribution in [1.82, 2.24) is 24.8 Å². The largest absolute Gasteiger partial charge is 0.379 e. The van der Waals surface area contributed by atoms with Gasteiger partial charge in [-0.1, -0.05) is 0 Å². The zero-order valence-electron chi connectivity index (χ0n) is 15.4. The summed E-state index contributed by atoms with van der Waals surface area (Å²) in [5.74, 6) is 0. The Labute approximate surface area is 144 Å². The van der Waals surface area contributed by atoms with Gasteiger partial charge in [-0.15, -0.1) is 0 Å². The molecule has 0 spiro atoms. The molecule has 3 atom stereocenters. The van der Waals surface area contributed by atoms with E-state index in [0.29, 0.717) is 12.1 Å². The van der Waals surface area contributed by atoms with Crippen molar-refractivity contribution in [3.8, 4) is 0 Å². The molecule has 3 heterocycles. The molecule has 1 saturated heterocycles. The fourth-order valence-corrected chi connectivity index (χ4v) is 3.57. The predicted molar refractivity (Wildman–Crippen MR) is 95.3 cm³/mol. The van der Waals surface area contributed by atoms with Gasteiger partial charge in [0.15, 0.2) is 5.65 Å². The molecule has 132 valence electrons. The Bertz CT molecular complexity index is 698. The molecule has 6 nitrogen and oxygen atoms in total. The smallest absolute Gasteiger partial charge is 0.155 e. The van der Waals surface area contributed by atoms with Crippen LogP contribution < -0.4 is 5.32 Å². The third-order valence-corrected chi connectivity index (χ3v) is 5.06. The number of hydrogen-bond donors (Lipinski definition) is 1. The van der Waals surface area contributed by atoms with Gasteiger partial charge in [0.25, 0.3) is 0 Å². The van der Waals surface area contributed by atoms with E-state index in [1.54, 1.807) is 0 Å². The van der Waals surface area contributed by atoms with Gasteiger partial charge in [0.05, 0.1) is 18.9 Å². The van der Waals surface area contributed by atoms with Gasteiger partial charge in [0.2, 0.25) is 0 Å². The number of aryl methyl sites for hydroxylation is 2. The van der Waals surface area contributed by atoms with Crippen molar-refractivity contribution in [3.63, 3.8) is 0 Å². The molecule has 0 amide bonds. The minimum Gasteiger partial charge on any atom is -0.379 e. The number of morpholine rings is 1. The predicted octanol–water partition coefficient (Wildman–Crippen LogP) is 2.11. The highest BCUT2D eigenvalue weighted by Gasteiger charge is 2.24. The van der Waals surface area contributed by atoms with Gasteiger partial charge in [-0.3, -0.25) is 4.90 Å². The van der Waals surface area contributed by atoms with E-state index in [4.69, 9.17) is 4.74 Å². The normalized spacial score (nSPS) is 22.0. The van der Waals surface area contributed by atoms with E-state index in [1.165, 1.54) is 5.56 Å². The number of hydrogen-bond acceptors (Lipinski definition) is 5. The average Bonchev–Trinajstić information content (AvgIpc) is 2.94. The summed E-state index contributed by atoms with van der Waals surface area (Å²) in [6.07, 6.45) is 1.98. The summed E-state index contributed by atoms with van der Waals surface area (Å²) >= 11 is 0. The summed E-state index contributed by atoms with van der Waals surface area (Å²) < 4.78 is 7.48. The van der Waals surface area contributed by atoms with Crippen LogP contribution in [0.4, 0.5) is 0 Å². The third kappa shape index (κ3) is 3.45. The van der Waals surface area contributed by atoms with E-state index in [0.717, 1.165) is 43.3 Å². The minimum absolute atomic E-state index is 0.241. The highest BCUT2D eigenvalue weighted by Crippen LogP contribution is 2.18. The van der Waals surface area contributed by atoms with Gasteiger partial charge in [-0.25, -0.2) is 9.50 Å².